The number of hydrogen-bond acceptors (Lipinski definition) is 4. The van der Waals surface area contributed by atoms with Crippen LogP contribution in [0, 0.1) is 0 Å². The zero-order valence-corrected chi connectivity index (χ0v) is 11.1. The molecule has 17 heavy (non-hydrogen) atoms. The van der Waals surface area contributed by atoms with E-state index < -0.39 is 6.10 Å². The van der Waals surface area contributed by atoms with Crippen molar-refractivity contribution in [2.45, 2.75) is 13.0 Å². The number of aldehydes is 1. The van der Waals surface area contributed by atoms with Crippen molar-refractivity contribution in [3.05, 3.63) is 28.2 Å². The van der Waals surface area contributed by atoms with Crippen molar-refractivity contribution in [3.63, 3.8) is 0 Å². The van der Waals surface area contributed by atoms with Gasteiger partial charge in [0.15, 0.2) is 6.29 Å². The Labute approximate surface area is 109 Å². The van der Waals surface area contributed by atoms with Crippen LogP contribution < -0.4 is 4.74 Å². The molecule has 0 heterocycles. The fourth-order valence-electron chi connectivity index (χ4n) is 1.23. The lowest BCUT2D eigenvalue weighted by Gasteiger charge is -2.13. The van der Waals surface area contributed by atoms with Crippen LogP contribution in [0.1, 0.15) is 17.3 Å². The Kier molecular flexibility index (Phi) is 6.18. The lowest BCUT2D eigenvalue weighted by atomic mass is 10.2. The average Bonchev–Trinajstić information content (AvgIpc) is 2.34. The second kappa shape index (κ2) is 7.42. The third kappa shape index (κ3) is 4.85. The minimum atomic E-state index is -0.696. The van der Waals surface area contributed by atoms with Crippen molar-refractivity contribution in [1.82, 2.24) is 0 Å². The van der Waals surface area contributed by atoms with E-state index in [1.807, 2.05) is 6.92 Å². The van der Waals surface area contributed by atoms with Crippen molar-refractivity contribution in [1.29, 1.82) is 0 Å². The standard InChI is InChI=1S/C12H15BrO4/c1-2-16-7-11(15)8-17-12-4-3-10(13)5-9(12)6-14/h3-6,11,15H,2,7-8H2,1H3. The first-order valence-corrected chi connectivity index (χ1v) is 6.10. The summed E-state index contributed by atoms with van der Waals surface area (Å²) >= 11 is 3.27. The molecule has 1 atom stereocenters. The number of hydrogen-bond donors (Lipinski definition) is 1. The molecule has 0 fully saturated rings. The Balaban J connectivity index is 2.53. The van der Waals surface area contributed by atoms with Gasteiger partial charge >= 0.3 is 0 Å². The maximum atomic E-state index is 10.8. The first kappa shape index (κ1) is 14.2. The Morgan fingerprint density at radius 2 is 2.24 bits per heavy atom. The van der Waals surface area contributed by atoms with E-state index >= 15 is 0 Å². The molecule has 0 radical (unpaired) electrons. The van der Waals surface area contributed by atoms with Crippen molar-refractivity contribution < 1.29 is 19.4 Å². The lowest BCUT2D eigenvalue weighted by molar-refractivity contribution is 0.0163. The van der Waals surface area contributed by atoms with Crippen molar-refractivity contribution in [2.75, 3.05) is 19.8 Å². The van der Waals surface area contributed by atoms with E-state index in [-0.39, 0.29) is 13.2 Å². The summed E-state index contributed by atoms with van der Waals surface area (Å²) in [7, 11) is 0. The molecule has 0 saturated carbocycles. The Hall–Kier alpha value is -0.910. The van der Waals surface area contributed by atoms with Gasteiger partial charge in [0.2, 0.25) is 0 Å². The minimum Gasteiger partial charge on any atom is -0.490 e. The van der Waals surface area contributed by atoms with Gasteiger partial charge in [0, 0.05) is 11.1 Å². The molecule has 1 N–H and O–H groups in total. The highest BCUT2D eigenvalue weighted by Crippen LogP contribution is 2.21. The lowest BCUT2D eigenvalue weighted by Crippen LogP contribution is -2.23. The molecule has 0 aliphatic heterocycles. The van der Waals surface area contributed by atoms with Gasteiger partial charge in [-0.05, 0) is 25.1 Å². The molecule has 0 aliphatic rings. The van der Waals surface area contributed by atoms with Gasteiger partial charge in [-0.2, -0.15) is 0 Å². The highest BCUT2D eigenvalue weighted by Gasteiger charge is 2.08. The van der Waals surface area contributed by atoms with E-state index in [4.69, 9.17) is 9.47 Å². The first-order chi connectivity index (χ1) is 8.17. The summed E-state index contributed by atoms with van der Waals surface area (Å²) in [6.45, 7) is 2.73. The van der Waals surface area contributed by atoms with Gasteiger partial charge in [-0.1, -0.05) is 15.9 Å². The average molecular weight is 303 g/mol. The number of halogens is 1. The molecule has 0 saturated heterocycles. The zero-order chi connectivity index (χ0) is 12.7. The maximum Gasteiger partial charge on any atom is 0.153 e. The number of aliphatic hydroxyl groups is 1. The van der Waals surface area contributed by atoms with Crippen LogP contribution in [-0.2, 0) is 4.74 Å². The summed E-state index contributed by atoms with van der Waals surface area (Å²) in [5.41, 5.74) is 0.447. The normalized spacial score (nSPS) is 12.2. The predicted molar refractivity (Wildman–Crippen MR) is 67.5 cm³/mol. The van der Waals surface area contributed by atoms with E-state index in [1.54, 1.807) is 18.2 Å². The fourth-order valence-corrected chi connectivity index (χ4v) is 1.61. The molecule has 0 amide bonds. The Morgan fingerprint density at radius 1 is 1.47 bits per heavy atom. The monoisotopic (exact) mass is 302 g/mol. The molecule has 1 rings (SSSR count). The molecule has 1 unspecified atom stereocenters. The number of carbonyl (C=O) groups excluding carboxylic acids is 1. The Bertz CT molecular complexity index is 368. The molecule has 1 aromatic carbocycles. The fraction of sp³-hybridized carbons (Fsp3) is 0.417. The van der Waals surface area contributed by atoms with Crippen molar-refractivity contribution in [2.24, 2.45) is 0 Å². The third-order valence-corrected chi connectivity index (χ3v) is 2.54. The van der Waals surface area contributed by atoms with Gasteiger partial charge in [-0.3, -0.25) is 4.79 Å². The van der Waals surface area contributed by atoms with Gasteiger partial charge in [0.05, 0.1) is 12.2 Å². The summed E-state index contributed by atoms with van der Waals surface area (Å²) in [6.07, 6.45) is 0.0211. The van der Waals surface area contributed by atoms with Crippen LogP contribution in [0.4, 0.5) is 0 Å². The molecule has 1 aromatic rings. The summed E-state index contributed by atoms with van der Waals surface area (Å²) in [4.78, 5) is 10.8. The number of ether oxygens (including phenoxy) is 2. The van der Waals surface area contributed by atoms with Gasteiger partial charge in [-0.15, -0.1) is 0 Å². The van der Waals surface area contributed by atoms with E-state index in [0.29, 0.717) is 17.9 Å². The molecular weight excluding hydrogens is 288 g/mol. The second-order valence-corrected chi connectivity index (χ2v) is 4.34. The SMILES string of the molecule is CCOCC(O)COc1ccc(Br)cc1C=O. The van der Waals surface area contributed by atoms with Gasteiger partial charge in [0.25, 0.3) is 0 Å². The number of benzene rings is 1. The molecule has 0 bridgehead atoms. The topological polar surface area (TPSA) is 55.8 Å². The summed E-state index contributed by atoms with van der Waals surface area (Å²) in [5.74, 6) is 0.457. The summed E-state index contributed by atoms with van der Waals surface area (Å²) < 4.78 is 11.2. The molecule has 0 aliphatic carbocycles. The number of rotatable bonds is 7. The largest absolute Gasteiger partial charge is 0.490 e. The summed E-state index contributed by atoms with van der Waals surface area (Å²) in [5, 5.41) is 9.51. The smallest absolute Gasteiger partial charge is 0.153 e. The molecule has 5 heteroatoms. The van der Waals surface area contributed by atoms with Gasteiger partial charge < -0.3 is 14.6 Å². The molecule has 0 aromatic heterocycles. The third-order valence-electron chi connectivity index (χ3n) is 2.04. The minimum absolute atomic E-state index is 0.0997. The van der Waals surface area contributed by atoms with Gasteiger partial charge in [0.1, 0.15) is 18.5 Å². The van der Waals surface area contributed by atoms with Crippen LogP contribution in [0.15, 0.2) is 22.7 Å². The van der Waals surface area contributed by atoms with E-state index in [1.165, 1.54) is 0 Å². The molecule has 4 nitrogen and oxygen atoms in total. The zero-order valence-electron chi connectivity index (χ0n) is 9.56. The number of carbonyl (C=O) groups is 1. The number of aliphatic hydroxyl groups excluding tert-OH is 1. The maximum absolute atomic E-state index is 10.8. The van der Waals surface area contributed by atoms with E-state index in [0.717, 1.165) is 10.8 Å². The molecular formula is C12H15BrO4. The van der Waals surface area contributed by atoms with E-state index in [9.17, 15) is 9.90 Å². The predicted octanol–water partition coefficient (Wildman–Crippen LogP) is 2.04. The van der Waals surface area contributed by atoms with Crippen LogP contribution in [0.5, 0.6) is 5.75 Å². The van der Waals surface area contributed by atoms with Crippen molar-refractivity contribution in [3.8, 4) is 5.75 Å². The van der Waals surface area contributed by atoms with Gasteiger partial charge in [-0.25, -0.2) is 0 Å². The van der Waals surface area contributed by atoms with E-state index in [2.05, 4.69) is 15.9 Å². The second-order valence-electron chi connectivity index (χ2n) is 3.42. The van der Waals surface area contributed by atoms with Crippen LogP contribution in [0.2, 0.25) is 0 Å². The highest BCUT2D eigenvalue weighted by atomic mass is 79.9. The van der Waals surface area contributed by atoms with Crippen LogP contribution in [0.25, 0.3) is 0 Å². The van der Waals surface area contributed by atoms with Crippen LogP contribution in [-0.4, -0.2) is 37.3 Å². The molecule has 94 valence electrons. The van der Waals surface area contributed by atoms with Crippen LogP contribution >= 0.6 is 15.9 Å². The van der Waals surface area contributed by atoms with Crippen molar-refractivity contribution >= 4 is 22.2 Å². The van der Waals surface area contributed by atoms with Crippen LogP contribution in [0.3, 0.4) is 0 Å². The quantitative estimate of drug-likeness (QED) is 0.783. The first-order valence-electron chi connectivity index (χ1n) is 5.30. The Morgan fingerprint density at radius 3 is 2.88 bits per heavy atom. The summed E-state index contributed by atoms with van der Waals surface area (Å²) in [6, 6.07) is 5.12. The highest BCUT2D eigenvalue weighted by molar-refractivity contribution is 9.10. The molecule has 0 spiro atoms.